The van der Waals surface area contributed by atoms with Crippen molar-refractivity contribution in [2.24, 2.45) is 0 Å². The number of hydrogen-bond acceptors (Lipinski definition) is 3. The summed E-state index contributed by atoms with van der Waals surface area (Å²) >= 11 is 0. The fraction of sp³-hybridized carbons (Fsp3) is 0.556. The van der Waals surface area contributed by atoms with E-state index in [0.717, 1.165) is 24.1 Å². The van der Waals surface area contributed by atoms with Crippen molar-refractivity contribution >= 4 is 17.5 Å². The standard InChI is InChI=1S/C18H25N3O2/c1-11-7-8-13(9-12(11)2)19-17(22)10-16-18(23)21-15-6-4-3-5-14(15)20-16/h7-9,14-16,20H,3-6,10H2,1-2H3,(H,19,22)(H,21,23)/t14-,15-,16+/m1/s1. The molecule has 1 saturated heterocycles. The zero-order valence-corrected chi connectivity index (χ0v) is 13.8. The van der Waals surface area contributed by atoms with E-state index in [2.05, 4.69) is 16.0 Å². The van der Waals surface area contributed by atoms with Gasteiger partial charge in [-0.3, -0.25) is 9.59 Å². The Hall–Kier alpha value is -1.88. The summed E-state index contributed by atoms with van der Waals surface area (Å²) in [5.41, 5.74) is 3.12. The largest absolute Gasteiger partial charge is 0.350 e. The van der Waals surface area contributed by atoms with Crippen LogP contribution in [0.2, 0.25) is 0 Å². The minimum Gasteiger partial charge on any atom is -0.350 e. The topological polar surface area (TPSA) is 70.2 Å². The van der Waals surface area contributed by atoms with Gasteiger partial charge in [0.15, 0.2) is 0 Å². The van der Waals surface area contributed by atoms with Crippen LogP contribution in [0.4, 0.5) is 5.69 Å². The molecule has 3 rings (SSSR count). The average molecular weight is 315 g/mol. The Morgan fingerprint density at radius 2 is 1.91 bits per heavy atom. The van der Waals surface area contributed by atoms with Gasteiger partial charge in [-0.25, -0.2) is 0 Å². The normalized spacial score (nSPS) is 27.0. The summed E-state index contributed by atoms with van der Waals surface area (Å²) < 4.78 is 0. The van der Waals surface area contributed by atoms with Gasteiger partial charge in [0, 0.05) is 17.8 Å². The van der Waals surface area contributed by atoms with Crippen molar-refractivity contribution in [2.75, 3.05) is 5.32 Å². The SMILES string of the molecule is Cc1ccc(NC(=O)C[C@@H]2N[C@@H]3CCCC[C@H]3NC2=O)cc1C. The van der Waals surface area contributed by atoms with Crippen LogP contribution in [-0.2, 0) is 9.59 Å². The summed E-state index contributed by atoms with van der Waals surface area (Å²) in [6.45, 7) is 4.06. The summed E-state index contributed by atoms with van der Waals surface area (Å²) in [6.07, 6.45) is 4.62. The Kier molecular flexibility index (Phi) is 4.66. The fourth-order valence-electron chi connectivity index (χ4n) is 3.49. The number of nitrogens with one attached hydrogen (secondary N) is 3. The molecule has 2 fully saturated rings. The molecule has 1 saturated carbocycles. The molecule has 1 aromatic carbocycles. The van der Waals surface area contributed by atoms with E-state index in [-0.39, 0.29) is 24.3 Å². The molecule has 2 amide bonds. The highest BCUT2D eigenvalue weighted by atomic mass is 16.2. The first-order valence-corrected chi connectivity index (χ1v) is 8.46. The van der Waals surface area contributed by atoms with Crippen LogP contribution in [-0.4, -0.2) is 29.9 Å². The van der Waals surface area contributed by atoms with Gasteiger partial charge in [-0.2, -0.15) is 0 Å². The van der Waals surface area contributed by atoms with Gasteiger partial charge in [-0.05, 0) is 49.9 Å². The molecule has 5 heteroatoms. The summed E-state index contributed by atoms with van der Waals surface area (Å²) in [6, 6.07) is 5.95. The van der Waals surface area contributed by atoms with Gasteiger partial charge < -0.3 is 16.0 Å². The molecule has 1 heterocycles. The lowest BCUT2D eigenvalue weighted by molar-refractivity contribution is -0.129. The van der Waals surface area contributed by atoms with Crippen LogP contribution >= 0.6 is 0 Å². The number of hydrogen-bond donors (Lipinski definition) is 3. The Morgan fingerprint density at radius 1 is 1.17 bits per heavy atom. The number of amides is 2. The summed E-state index contributed by atoms with van der Waals surface area (Å²) in [4.78, 5) is 24.4. The zero-order valence-electron chi connectivity index (χ0n) is 13.8. The van der Waals surface area contributed by atoms with E-state index in [4.69, 9.17) is 0 Å². The van der Waals surface area contributed by atoms with Crippen LogP contribution in [0, 0.1) is 13.8 Å². The summed E-state index contributed by atoms with van der Waals surface area (Å²) in [5, 5.41) is 9.33. The van der Waals surface area contributed by atoms with Crippen LogP contribution < -0.4 is 16.0 Å². The van der Waals surface area contributed by atoms with Gasteiger partial charge in [0.25, 0.3) is 0 Å². The maximum absolute atomic E-state index is 12.3. The summed E-state index contributed by atoms with van der Waals surface area (Å²) in [5.74, 6) is -0.182. The van der Waals surface area contributed by atoms with Gasteiger partial charge in [-0.1, -0.05) is 18.9 Å². The van der Waals surface area contributed by atoms with E-state index in [9.17, 15) is 9.59 Å². The Labute approximate surface area is 137 Å². The van der Waals surface area contributed by atoms with Gasteiger partial charge >= 0.3 is 0 Å². The lowest BCUT2D eigenvalue weighted by Gasteiger charge is -2.40. The molecule has 3 N–H and O–H groups in total. The molecule has 1 aliphatic heterocycles. The van der Waals surface area contributed by atoms with E-state index in [1.807, 2.05) is 32.0 Å². The predicted octanol–water partition coefficient (Wildman–Crippen LogP) is 2.03. The van der Waals surface area contributed by atoms with Gasteiger partial charge in [0.1, 0.15) is 0 Å². The van der Waals surface area contributed by atoms with Crippen molar-refractivity contribution < 1.29 is 9.59 Å². The number of piperazine rings is 1. The third-order valence-corrected chi connectivity index (χ3v) is 5.01. The number of fused-ring (bicyclic) bond motifs is 1. The molecule has 124 valence electrons. The van der Waals surface area contributed by atoms with Gasteiger partial charge in [-0.15, -0.1) is 0 Å². The second kappa shape index (κ2) is 6.71. The molecule has 0 spiro atoms. The van der Waals surface area contributed by atoms with E-state index in [0.29, 0.717) is 6.04 Å². The van der Waals surface area contributed by atoms with E-state index in [1.165, 1.54) is 18.4 Å². The van der Waals surface area contributed by atoms with E-state index in [1.54, 1.807) is 0 Å². The van der Waals surface area contributed by atoms with Crippen molar-refractivity contribution in [1.82, 2.24) is 10.6 Å². The van der Waals surface area contributed by atoms with Crippen molar-refractivity contribution in [3.63, 3.8) is 0 Å². The number of benzene rings is 1. The first-order valence-electron chi connectivity index (χ1n) is 8.46. The third-order valence-electron chi connectivity index (χ3n) is 5.01. The smallest absolute Gasteiger partial charge is 0.237 e. The number of carbonyl (C=O) groups excluding carboxylic acids is 2. The highest BCUT2D eigenvalue weighted by Crippen LogP contribution is 2.22. The number of carbonyl (C=O) groups is 2. The van der Waals surface area contributed by atoms with Crippen LogP contribution in [0.25, 0.3) is 0 Å². The monoisotopic (exact) mass is 315 g/mol. The Bertz CT molecular complexity index is 614. The van der Waals surface area contributed by atoms with Gasteiger partial charge in [0.05, 0.1) is 12.5 Å². The van der Waals surface area contributed by atoms with Crippen LogP contribution in [0.15, 0.2) is 18.2 Å². The fourth-order valence-corrected chi connectivity index (χ4v) is 3.49. The van der Waals surface area contributed by atoms with Crippen LogP contribution in [0.5, 0.6) is 0 Å². The highest BCUT2D eigenvalue weighted by Gasteiger charge is 2.36. The molecular formula is C18H25N3O2. The van der Waals surface area contributed by atoms with Gasteiger partial charge in [0.2, 0.25) is 11.8 Å². The van der Waals surface area contributed by atoms with E-state index < -0.39 is 6.04 Å². The minimum absolute atomic E-state index is 0.0524. The number of aryl methyl sites for hydroxylation is 2. The lowest BCUT2D eigenvalue weighted by atomic mass is 9.87. The number of anilines is 1. The highest BCUT2D eigenvalue weighted by molar-refractivity contribution is 5.95. The van der Waals surface area contributed by atoms with Crippen molar-refractivity contribution in [3.8, 4) is 0 Å². The van der Waals surface area contributed by atoms with Crippen LogP contribution in [0.1, 0.15) is 43.2 Å². The number of rotatable bonds is 3. The second-order valence-corrected chi connectivity index (χ2v) is 6.78. The molecule has 1 aliphatic carbocycles. The maximum atomic E-state index is 12.3. The lowest BCUT2D eigenvalue weighted by Crippen LogP contribution is -2.65. The Morgan fingerprint density at radius 3 is 2.65 bits per heavy atom. The van der Waals surface area contributed by atoms with Crippen molar-refractivity contribution in [3.05, 3.63) is 29.3 Å². The molecule has 0 radical (unpaired) electrons. The first-order chi connectivity index (χ1) is 11.0. The quantitative estimate of drug-likeness (QED) is 0.799. The molecule has 23 heavy (non-hydrogen) atoms. The Balaban J connectivity index is 1.58. The molecular weight excluding hydrogens is 290 g/mol. The maximum Gasteiger partial charge on any atom is 0.237 e. The molecule has 3 atom stereocenters. The predicted molar refractivity (Wildman–Crippen MR) is 90.3 cm³/mol. The molecule has 5 nitrogen and oxygen atoms in total. The summed E-state index contributed by atoms with van der Waals surface area (Å²) in [7, 11) is 0. The molecule has 2 aliphatic rings. The minimum atomic E-state index is -0.430. The average Bonchev–Trinajstić information content (AvgIpc) is 2.51. The third kappa shape index (κ3) is 3.72. The zero-order chi connectivity index (χ0) is 16.4. The van der Waals surface area contributed by atoms with E-state index >= 15 is 0 Å². The molecule has 0 aromatic heterocycles. The molecule has 1 aromatic rings. The van der Waals surface area contributed by atoms with Crippen molar-refractivity contribution in [2.45, 2.75) is 64.1 Å². The molecule has 0 bridgehead atoms. The molecule has 0 unspecified atom stereocenters. The van der Waals surface area contributed by atoms with Crippen molar-refractivity contribution in [1.29, 1.82) is 0 Å². The van der Waals surface area contributed by atoms with Crippen LogP contribution in [0.3, 0.4) is 0 Å². The first kappa shape index (κ1) is 16.0. The second-order valence-electron chi connectivity index (χ2n) is 6.78.